The molecule has 3 aromatic carbocycles. The number of aromatic carboxylic acids is 2. The van der Waals surface area contributed by atoms with Gasteiger partial charge < -0.3 is 10.2 Å². The van der Waals surface area contributed by atoms with E-state index < -0.39 is 11.9 Å². The van der Waals surface area contributed by atoms with E-state index in [9.17, 15) is 9.59 Å². The number of benzene rings is 3. The van der Waals surface area contributed by atoms with Crippen LogP contribution < -0.4 is 10.4 Å². The Morgan fingerprint density at radius 1 is 0.818 bits per heavy atom. The molecule has 0 spiro atoms. The molecule has 0 heterocycles. The molecule has 0 amide bonds. The third kappa shape index (κ3) is 4.54. The molecule has 168 valence electrons. The van der Waals surface area contributed by atoms with Crippen LogP contribution in [-0.4, -0.2) is 22.2 Å². The number of fused-ring (bicyclic) bond motifs is 4. The number of carboxylic acid groups (broad SMARTS) is 2. The highest BCUT2D eigenvalue weighted by Crippen LogP contribution is 2.22. The van der Waals surface area contributed by atoms with Gasteiger partial charge >= 0.3 is 11.9 Å². The van der Waals surface area contributed by atoms with Crippen molar-refractivity contribution in [1.29, 1.82) is 0 Å². The zero-order chi connectivity index (χ0) is 23.7. The van der Waals surface area contributed by atoms with Crippen LogP contribution in [0.5, 0.6) is 0 Å². The van der Waals surface area contributed by atoms with Gasteiger partial charge in [-0.25, -0.2) is 9.59 Å². The number of carbonyl (C=O) groups is 2. The summed E-state index contributed by atoms with van der Waals surface area (Å²) in [5.74, 6) is -2.22. The summed E-state index contributed by atoms with van der Waals surface area (Å²) >= 11 is 12.3. The first-order valence-corrected chi connectivity index (χ1v) is 11.4. The highest BCUT2D eigenvalue weighted by molar-refractivity contribution is 6.41. The summed E-state index contributed by atoms with van der Waals surface area (Å²) in [4.78, 5) is 21.2. The lowest BCUT2D eigenvalue weighted by Crippen LogP contribution is -2.19. The van der Waals surface area contributed by atoms with Crippen LogP contribution in [0, 0.1) is 17.4 Å². The molecule has 0 aliphatic heterocycles. The topological polar surface area (TPSA) is 74.6 Å². The molecule has 0 aromatic heterocycles. The molecule has 6 heteroatoms. The number of hydrogen-bond acceptors (Lipinski definition) is 2. The Kier molecular flexibility index (Phi) is 6.59. The van der Waals surface area contributed by atoms with E-state index in [1.165, 1.54) is 76.4 Å². The minimum absolute atomic E-state index is 0.0277. The van der Waals surface area contributed by atoms with Crippen molar-refractivity contribution in [3.05, 3.63) is 101 Å². The Balaban J connectivity index is 0.000000174. The monoisotopic (exact) mass is 480 g/mol. The fourth-order valence-electron chi connectivity index (χ4n) is 4.49. The molecule has 3 aromatic rings. The van der Waals surface area contributed by atoms with Crippen molar-refractivity contribution < 1.29 is 19.8 Å². The smallest absolute Gasteiger partial charge is 0.335 e. The SMILES string of the molecule is Cc1c(C(=O)O)cccc1C(=O)O.Clc1cc2c(cc1Cl)=c1ccc3c(c1CC=2)CCCC=3. The van der Waals surface area contributed by atoms with E-state index in [-0.39, 0.29) is 16.7 Å². The maximum Gasteiger partial charge on any atom is 0.335 e. The average molecular weight is 481 g/mol. The zero-order valence-corrected chi connectivity index (χ0v) is 19.5. The van der Waals surface area contributed by atoms with Gasteiger partial charge in [-0.2, -0.15) is 0 Å². The second kappa shape index (κ2) is 9.42. The number of carboxylic acids is 2. The van der Waals surface area contributed by atoms with Gasteiger partial charge in [0.25, 0.3) is 0 Å². The molecule has 0 fully saturated rings. The minimum Gasteiger partial charge on any atom is -0.478 e. The van der Waals surface area contributed by atoms with E-state index in [2.05, 4.69) is 24.3 Å². The first-order valence-electron chi connectivity index (χ1n) is 10.6. The summed E-state index contributed by atoms with van der Waals surface area (Å²) < 4.78 is 0. The van der Waals surface area contributed by atoms with Gasteiger partial charge in [0.2, 0.25) is 0 Å². The Hall–Kier alpha value is -3.08. The first kappa shape index (κ1) is 23.1. The summed E-state index contributed by atoms with van der Waals surface area (Å²) in [6, 6.07) is 12.7. The fraction of sp³-hybridized carbons (Fsp3) is 0.185. The number of halogens is 2. The van der Waals surface area contributed by atoms with Gasteiger partial charge in [0.05, 0.1) is 21.2 Å². The predicted molar refractivity (Wildman–Crippen MR) is 130 cm³/mol. The van der Waals surface area contributed by atoms with Gasteiger partial charge in [0.1, 0.15) is 0 Å². The van der Waals surface area contributed by atoms with Crippen molar-refractivity contribution in [3.63, 3.8) is 0 Å². The molecule has 0 saturated carbocycles. The van der Waals surface area contributed by atoms with Crippen molar-refractivity contribution in [1.82, 2.24) is 0 Å². The molecule has 5 rings (SSSR count). The van der Waals surface area contributed by atoms with Gasteiger partial charge in [-0.3, -0.25) is 0 Å². The van der Waals surface area contributed by atoms with Crippen LogP contribution in [0.1, 0.15) is 50.2 Å². The van der Waals surface area contributed by atoms with E-state index in [0.717, 1.165) is 6.42 Å². The third-order valence-corrected chi connectivity index (χ3v) is 6.89. The number of hydrogen-bond donors (Lipinski definition) is 2. The van der Waals surface area contributed by atoms with Gasteiger partial charge in [-0.1, -0.05) is 53.6 Å². The fourth-order valence-corrected chi connectivity index (χ4v) is 4.83. The Morgan fingerprint density at radius 3 is 2.15 bits per heavy atom. The quantitative estimate of drug-likeness (QED) is 0.533. The molecule has 0 radical (unpaired) electrons. The maximum absolute atomic E-state index is 10.6. The summed E-state index contributed by atoms with van der Waals surface area (Å²) in [7, 11) is 0. The van der Waals surface area contributed by atoms with E-state index in [1.807, 2.05) is 12.1 Å². The van der Waals surface area contributed by atoms with Crippen molar-refractivity contribution >= 4 is 47.3 Å². The molecular weight excluding hydrogens is 459 g/mol. The zero-order valence-electron chi connectivity index (χ0n) is 18.0. The van der Waals surface area contributed by atoms with Crippen LogP contribution in [-0.2, 0) is 12.8 Å². The summed E-state index contributed by atoms with van der Waals surface area (Å²) in [6.07, 6.45) is 9.29. The van der Waals surface area contributed by atoms with Crippen LogP contribution >= 0.6 is 23.2 Å². The molecule has 0 unspecified atom stereocenters. The maximum atomic E-state index is 10.6. The summed E-state index contributed by atoms with van der Waals surface area (Å²) in [5.41, 5.74) is 3.34. The normalized spacial score (nSPS) is 13.2. The average Bonchev–Trinajstić information content (AvgIpc) is 2.79. The van der Waals surface area contributed by atoms with Gasteiger partial charge in [0, 0.05) is 0 Å². The van der Waals surface area contributed by atoms with Crippen LogP contribution in [0.4, 0.5) is 0 Å². The highest BCUT2D eigenvalue weighted by Gasteiger charge is 2.14. The van der Waals surface area contributed by atoms with Crippen molar-refractivity contribution in [3.8, 4) is 0 Å². The molecule has 0 atom stereocenters. The minimum atomic E-state index is -1.11. The third-order valence-electron chi connectivity index (χ3n) is 6.17. The Morgan fingerprint density at radius 2 is 1.48 bits per heavy atom. The lowest BCUT2D eigenvalue weighted by molar-refractivity contribution is 0.0696. The molecule has 2 aliphatic rings. The molecule has 0 bridgehead atoms. The van der Waals surface area contributed by atoms with Crippen molar-refractivity contribution in [2.75, 3.05) is 0 Å². The molecule has 2 aliphatic carbocycles. The van der Waals surface area contributed by atoms with E-state index in [0.29, 0.717) is 10.0 Å². The molecule has 0 saturated heterocycles. The lowest BCUT2D eigenvalue weighted by Gasteiger charge is -2.16. The van der Waals surface area contributed by atoms with Gasteiger partial charge in [-0.15, -0.1) is 0 Å². The summed E-state index contributed by atoms with van der Waals surface area (Å²) in [5, 5.41) is 23.8. The predicted octanol–water partition coefficient (Wildman–Crippen LogP) is 5.13. The van der Waals surface area contributed by atoms with Crippen LogP contribution in [0.25, 0.3) is 12.2 Å². The van der Waals surface area contributed by atoms with Crippen LogP contribution in [0.2, 0.25) is 10.0 Å². The van der Waals surface area contributed by atoms with Gasteiger partial charge in [0.15, 0.2) is 0 Å². The van der Waals surface area contributed by atoms with Crippen molar-refractivity contribution in [2.24, 2.45) is 0 Å². The van der Waals surface area contributed by atoms with Crippen LogP contribution in [0.15, 0.2) is 42.5 Å². The first-order chi connectivity index (χ1) is 15.8. The Bertz CT molecular complexity index is 1470. The second-order valence-electron chi connectivity index (χ2n) is 8.11. The van der Waals surface area contributed by atoms with E-state index >= 15 is 0 Å². The molecule has 2 N–H and O–H groups in total. The molecule has 4 nitrogen and oxygen atoms in total. The van der Waals surface area contributed by atoms with Crippen LogP contribution in [0.3, 0.4) is 0 Å². The largest absolute Gasteiger partial charge is 0.478 e. The van der Waals surface area contributed by atoms with E-state index in [1.54, 1.807) is 0 Å². The molecular formula is C27H22Cl2O4. The van der Waals surface area contributed by atoms with Gasteiger partial charge in [-0.05, 0) is 94.4 Å². The molecule has 33 heavy (non-hydrogen) atoms. The number of rotatable bonds is 2. The Labute approximate surface area is 200 Å². The summed E-state index contributed by atoms with van der Waals surface area (Å²) in [6.45, 7) is 1.48. The second-order valence-corrected chi connectivity index (χ2v) is 8.92. The standard InChI is InChI=1S/C18H14Cl2.C9H8O4/c19-17-9-12-6-8-14-13-4-2-1-3-11(13)5-7-15(14)16(12)10-18(17)20;1-5-6(8(10)11)3-2-4-7(5)9(12)13/h3,5-7,9-10H,1-2,4,8H2;2-4H,1H3,(H,10,11)(H,12,13). The van der Waals surface area contributed by atoms with E-state index in [4.69, 9.17) is 33.4 Å². The van der Waals surface area contributed by atoms with Crippen molar-refractivity contribution in [2.45, 2.75) is 32.6 Å². The lowest BCUT2D eigenvalue weighted by atomic mass is 9.89. The highest BCUT2D eigenvalue weighted by atomic mass is 35.5.